The summed E-state index contributed by atoms with van der Waals surface area (Å²) in [6.45, 7) is 14.0. The number of rotatable bonds is 7. The molecule has 0 aliphatic rings. The van der Waals surface area contributed by atoms with Crippen LogP contribution in [0, 0.1) is 25.7 Å². The third-order valence-electron chi connectivity index (χ3n) is 4.22. The average molecular weight is 396 g/mol. The van der Waals surface area contributed by atoms with Crippen LogP contribution in [0.4, 0.5) is 0 Å². The lowest BCUT2D eigenvalue weighted by Crippen LogP contribution is -2.38. The number of amides is 1. The molecule has 0 radical (unpaired) electrons. The number of carbonyl (C=O) groups is 1. The van der Waals surface area contributed by atoms with Crippen molar-refractivity contribution >= 4 is 39.2 Å². The van der Waals surface area contributed by atoms with E-state index in [2.05, 4.69) is 32.7 Å². The van der Waals surface area contributed by atoms with Gasteiger partial charge < -0.3 is 4.90 Å². The minimum absolute atomic E-state index is 0.0342. The molecule has 2 rings (SSSR count). The number of thiophene rings is 1. The highest BCUT2D eigenvalue weighted by molar-refractivity contribution is 7.99. The summed E-state index contributed by atoms with van der Waals surface area (Å²) in [4.78, 5) is 33.8. The smallest absolute Gasteiger partial charge is 0.262 e. The largest absolute Gasteiger partial charge is 0.341 e. The van der Waals surface area contributed by atoms with Crippen molar-refractivity contribution in [2.75, 3.05) is 18.8 Å². The van der Waals surface area contributed by atoms with Crippen molar-refractivity contribution in [1.29, 1.82) is 0 Å². The molecule has 5 nitrogen and oxygen atoms in total. The molecule has 0 aliphatic heterocycles. The van der Waals surface area contributed by atoms with Crippen molar-refractivity contribution in [3.8, 4) is 0 Å². The van der Waals surface area contributed by atoms with E-state index >= 15 is 0 Å². The fourth-order valence-electron chi connectivity index (χ4n) is 2.86. The molecular weight excluding hydrogens is 366 g/mol. The van der Waals surface area contributed by atoms with E-state index in [0.717, 1.165) is 28.4 Å². The summed E-state index contributed by atoms with van der Waals surface area (Å²) in [5.41, 5.74) is 0.971. The normalized spacial score (nSPS) is 11.7. The van der Waals surface area contributed by atoms with E-state index in [1.807, 2.05) is 18.7 Å². The van der Waals surface area contributed by atoms with Crippen molar-refractivity contribution in [2.45, 2.75) is 46.7 Å². The number of fused-ring (bicyclic) bond motifs is 1. The van der Waals surface area contributed by atoms with Crippen LogP contribution in [0.25, 0.3) is 10.2 Å². The lowest BCUT2D eigenvalue weighted by Gasteiger charge is -2.26. The van der Waals surface area contributed by atoms with E-state index in [0.29, 0.717) is 28.1 Å². The molecule has 0 spiro atoms. The van der Waals surface area contributed by atoms with Crippen molar-refractivity contribution in [3.05, 3.63) is 20.8 Å². The van der Waals surface area contributed by atoms with E-state index in [4.69, 9.17) is 0 Å². The van der Waals surface area contributed by atoms with Gasteiger partial charge in [0.2, 0.25) is 5.91 Å². The monoisotopic (exact) mass is 395 g/mol. The number of hydrogen-bond acceptors (Lipinski definition) is 5. The molecule has 7 heteroatoms. The van der Waals surface area contributed by atoms with Crippen LogP contribution in [-0.2, 0) is 11.8 Å². The topological polar surface area (TPSA) is 55.2 Å². The van der Waals surface area contributed by atoms with Gasteiger partial charge in [0.25, 0.3) is 5.56 Å². The van der Waals surface area contributed by atoms with E-state index in [-0.39, 0.29) is 11.5 Å². The Morgan fingerprint density at radius 3 is 2.31 bits per heavy atom. The van der Waals surface area contributed by atoms with Crippen molar-refractivity contribution in [3.63, 3.8) is 0 Å². The zero-order valence-corrected chi connectivity index (χ0v) is 18.4. The van der Waals surface area contributed by atoms with E-state index < -0.39 is 0 Å². The Hall–Kier alpha value is -1.34. The first-order chi connectivity index (χ1) is 12.1. The molecule has 0 saturated heterocycles. The zero-order valence-electron chi connectivity index (χ0n) is 16.8. The third-order valence-corrected chi connectivity index (χ3v) is 6.33. The van der Waals surface area contributed by atoms with Crippen molar-refractivity contribution < 1.29 is 4.79 Å². The number of aryl methyl sites for hydroxylation is 2. The Bertz CT molecular complexity index is 843. The minimum Gasteiger partial charge on any atom is -0.341 e. The van der Waals surface area contributed by atoms with E-state index in [1.54, 1.807) is 23.0 Å². The maximum absolute atomic E-state index is 12.7. The molecule has 26 heavy (non-hydrogen) atoms. The van der Waals surface area contributed by atoms with Gasteiger partial charge in [-0.3, -0.25) is 14.2 Å². The molecule has 0 fully saturated rings. The summed E-state index contributed by atoms with van der Waals surface area (Å²) in [6.07, 6.45) is 0. The van der Waals surface area contributed by atoms with Crippen molar-refractivity contribution in [2.24, 2.45) is 18.9 Å². The summed E-state index contributed by atoms with van der Waals surface area (Å²) >= 11 is 2.89. The molecule has 0 aliphatic carbocycles. The number of carbonyl (C=O) groups excluding carboxylic acids is 1. The van der Waals surface area contributed by atoms with Gasteiger partial charge in [-0.15, -0.1) is 11.3 Å². The molecule has 144 valence electrons. The summed E-state index contributed by atoms with van der Waals surface area (Å²) in [5, 5.41) is 1.30. The van der Waals surface area contributed by atoms with Crippen LogP contribution in [0.5, 0.6) is 0 Å². The molecule has 2 heterocycles. The molecule has 2 aromatic rings. The minimum atomic E-state index is -0.0342. The molecule has 0 atom stereocenters. The molecule has 0 aromatic carbocycles. The number of nitrogens with zero attached hydrogens (tertiary/aromatic N) is 3. The fourth-order valence-corrected chi connectivity index (χ4v) is 4.81. The number of thioether (sulfide) groups is 1. The Labute approximate surface area is 163 Å². The first-order valence-corrected chi connectivity index (χ1v) is 10.8. The van der Waals surface area contributed by atoms with Gasteiger partial charge in [0.1, 0.15) is 4.83 Å². The molecule has 1 amide bonds. The summed E-state index contributed by atoms with van der Waals surface area (Å²) in [5.74, 6) is 1.26. The van der Waals surface area contributed by atoms with Crippen LogP contribution in [0.3, 0.4) is 0 Å². The van der Waals surface area contributed by atoms with Gasteiger partial charge in [0, 0.05) is 25.0 Å². The van der Waals surface area contributed by atoms with Crippen molar-refractivity contribution in [1.82, 2.24) is 14.5 Å². The van der Waals surface area contributed by atoms with E-state index in [1.165, 1.54) is 11.8 Å². The SMILES string of the molecule is Cc1sc2nc(SCC(=O)N(CC(C)C)CC(C)C)n(C)c(=O)c2c1C. The van der Waals surface area contributed by atoms with Crippen LogP contribution in [0.2, 0.25) is 0 Å². The molecule has 0 unspecified atom stereocenters. The summed E-state index contributed by atoms with van der Waals surface area (Å²) in [6, 6.07) is 0. The molecule has 2 aromatic heterocycles. The quantitative estimate of drug-likeness (QED) is 0.528. The highest BCUT2D eigenvalue weighted by Crippen LogP contribution is 2.28. The van der Waals surface area contributed by atoms with Gasteiger partial charge in [-0.05, 0) is 31.2 Å². The summed E-state index contributed by atoms with van der Waals surface area (Å²) < 4.78 is 1.56. The van der Waals surface area contributed by atoms with E-state index in [9.17, 15) is 9.59 Å². The fraction of sp³-hybridized carbons (Fsp3) is 0.632. The Balaban J connectivity index is 2.21. The number of aromatic nitrogens is 2. The van der Waals surface area contributed by atoms with Gasteiger partial charge >= 0.3 is 0 Å². The maximum atomic E-state index is 12.7. The van der Waals surface area contributed by atoms with Gasteiger partial charge in [-0.25, -0.2) is 4.98 Å². The molecule has 0 N–H and O–H groups in total. The molecular formula is C19H29N3O2S2. The summed E-state index contributed by atoms with van der Waals surface area (Å²) in [7, 11) is 1.73. The van der Waals surface area contributed by atoms with Crippen LogP contribution >= 0.6 is 23.1 Å². The highest BCUT2D eigenvalue weighted by atomic mass is 32.2. The second-order valence-electron chi connectivity index (χ2n) is 7.60. The van der Waals surface area contributed by atoms with Crippen LogP contribution in [0.1, 0.15) is 38.1 Å². The zero-order chi connectivity index (χ0) is 19.6. The van der Waals surface area contributed by atoms with Gasteiger partial charge in [-0.1, -0.05) is 39.5 Å². The predicted octanol–water partition coefficient (Wildman–Crippen LogP) is 3.84. The third kappa shape index (κ3) is 4.68. The Morgan fingerprint density at radius 2 is 1.77 bits per heavy atom. The average Bonchev–Trinajstić information content (AvgIpc) is 2.82. The van der Waals surface area contributed by atoms with Crippen LogP contribution in [-0.4, -0.2) is 39.2 Å². The second-order valence-corrected chi connectivity index (χ2v) is 9.74. The van der Waals surface area contributed by atoms with Gasteiger partial charge in [0.05, 0.1) is 11.1 Å². The Morgan fingerprint density at radius 1 is 1.19 bits per heavy atom. The van der Waals surface area contributed by atoms with Gasteiger partial charge in [-0.2, -0.15) is 0 Å². The first kappa shape index (κ1) is 21.0. The second kappa shape index (κ2) is 8.57. The number of hydrogen-bond donors (Lipinski definition) is 0. The van der Waals surface area contributed by atoms with Gasteiger partial charge in [0.15, 0.2) is 5.16 Å². The molecule has 0 saturated carbocycles. The predicted molar refractivity (Wildman–Crippen MR) is 111 cm³/mol. The Kier molecular flexibility index (Phi) is 6.91. The standard InChI is InChI=1S/C19H29N3O2S2/c1-11(2)8-22(9-12(3)4)15(23)10-25-19-20-17-16(18(24)21(19)7)13(5)14(6)26-17/h11-12H,8-10H2,1-7H3. The maximum Gasteiger partial charge on any atom is 0.262 e. The first-order valence-electron chi connectivity index (χ1n) is 8.99. The lowest BCUT2D eigenvalue weighted by molar-refractivity contribution is -0.129. The molecule has 0 bridgehead atoms. The lowest BCUT2D eigenvalue weighted by atomic mass is 10.1. The van der Waals surface area contributed by atoms with Crippen LogP contribution in [0.15, 0.2) is 9.95 Å². The highest BCUT2D eigenvalue weighted by Gasteiger charge is 2.19. The van der Waals surface area contributed by atoms with Crippen LogP contribution < -0.4 is 5.56 Å².